The Kier molecular flexibility index (Phi) is 7.36. The first-order valence-electron chi connectivity index (χ1n) is 13.0. The van der Waals surface area contributed by atoms with Crippen LogP contribution in [-0.4, -0.2) is 47.9 Å². The number of ether oxygens (including phenoxy) is 1. The Morgan fingerprint density at radius 1 is 1.00 bits per heavy atom. The number of piperidine rings is 1. The minimum absolute atomic E-state index is 0.0222. The largest absolute Gasteiger partial charge is 0.490 e. The van der Waals surface area contributed by atoms with E-state index in [9.17, 15) is 18.0 Å². The van der Waals surface area contributed by atoms with Crippen LogP contribution < -0.4 is 15.8 Å². The summed E-state index contributed by atoms with van der Waals surface area (Å²) in [4.78, 5) is 15.3. The van der Waals surface area contributed by atoms with Crippen LogP contribution in [-0.2, 0) is 0 Å². The number of anilines is 1. The van der Waals surface area contributed by atoms with Gasteiger partial charge in [0.1, 0.15) is 11.9 Å². The van der Waals surface area contributed by atoms with Gasteiger partial charge >= 0.3 is 6.18 Å². The quantitative estimate of drug-likeness (QED) is 0.266. The van der Waals surface area contributed by atoms with Gasteiger partial charge in [-0.3, -0.25) is 10.2 Å². The van der Waals surface area contributed by atoms with E-state index in [4.69, 9.17) is 15.9 Å². The maximum Gasteiger partial charge on any atom is 0.412 e. The molecule has 3 unspecified atom stereocenters. The molecule has 2 fully saturated rings. The van der Waals surface area contributed by atoms with Crippen molar-refractivity contribution in [1.82, 2.24) is 10.2 Å². The van der Waals surface area contributed by atoms with Crippen molar-refractivity contribution in [2.24, 2.45) is 0 Å². The number of nitrogens with two attached hydrogens (primary N) is 1. The van der Waals surface area contributed by atoms with Crippen LogP contribution in [0.3, 0.4) is 0 Å². The summed E-state index contributed by atoms with van der Waals surface area (Å²) in [5.74, 6) is -0.188. The number of benzene rings is 3. The Morgan fingerprint density at radius 2 is 1.62 bits per heavy atom. The molecule has 0 spiro atoms. The lowest BCUT2D eigenvalue weighted by Gasteiger charge is -2.36. The molecule has 0 saturated carbocycles. The number of amides is 1. The Balaban J connectivity index is 1.29. The van der Waals surface area contributed by atoms with Gasteiger partial charge in [-0.2, -0.15) is 13.2 Å². The van der Waals surface area contributed by atoms with E-state index in [0.29, 0.717) is 17.6 Å². The highest BCUT2D eigenvalue weighted by molar-refractivity contribution is 6.14. The average Bonchev–Trinajstić information content (AvgIpc) is 3.11. The predicted molar refractivity (Wildman–Crippen MR) is 144 cm³/mol. The Hall–Kier alpha value is -3.85. The van der Waals surface area contributed by atoms with Crippen LogP contribution in [0, 0.1) is 5.41 Å². The van der Waals surface area contributed by atoms with Crippen molar-refractivity contribution in [2.45, 2.75) is 56.1 Å². The van der Waals surface area contributed by atoms with E-state index < -0.39 is 18.1 Å². The van der Waals surface area contributed by atoms with Crippen molar-refractivity contribution < 1.29 is 22.7 Å². The number of alkyl halides is 3. The summed E-state index contributed by atoms with van der Waals surface area (Å²) in [7, 11) is 2.18. The number of rotatable bonds is 7. The molecule has 2 aliphatic heterocycles. The van der Waals surface area contributed by atoms with Crippen molar-refractivity contribution in [3.8, 4) is 5.75 Å². The summed E-state index contributed by atoms with van der Waals surface area (Å²) >= 11 is 0. The SMILES string of the molecule is CN1C2CCC1CC(Oc1ccc(C(=N)c3cc(C(=O)NC(c4ccccc4)C(F)(F)F)ccc3N)cc1)C2. The first-order valence-corrected chi connectivity index (χ1v) is 13.0. The van der Waals surface area contributed by atoms with Gasteiger partial charge < -0.3 is 20.7 Å². The number of nitrogens with one attached hydrogen (secondary N) is 2. The molecule has 1 amide bonds. The molecule has 2 aliphatic rings. The zero-order valence-electron chi connectivity index (χ0n) is 21.5. The highest BCUT2D eigenvalue weighted by Gasteiger charge is 2.42. The average molecular weight is 537 g/mol. The fraction of sp³-hybridized carbons (Fsp3) is 0.333. The lowest BCUT2D eigenvalue weighted by Crippen LogP contribution is -2.43. The second kappa shape index (κ2) is 10.7. The molecule has 5 rings (SSSR count). The predicted octanol–water partition coefficient (Wildman–Crippen LogP) is 5.72. The highest BCUT2D eigenvalue weighted by Crippen LogP contribution is 2.36. The molecule has 2 bridgehead atoms. The lowest BCUT2D eigenvalue weighted by atomic mass is 9.98. The van der Waals surface area contributed by atoms with Gasteiger partial charge in [-0.05, 0) is 80.8 Å². The number of halogens is 3. The van der Waals surface area contributed by atoms with Gasteiger partial charge in [0, 0.05) is 34.5 Å². The molecular weight excluding hydrogens is 505 g/mol. The molecule has 3 atom stereocenters. The van der Waals surface area contributed by atoms with Crippen molar-refractivity contribution in [2.75, 3.05) is 12.8 Å². The summed E-state index contributed by atoms with van der Waals surface area (Å²) < 4.78 is 47.4. The van der Waals surface area contributed by atoms with Crippen LogP contribution in [0.15, 0.2) is 72.8 Å². The van der Waals surface area contributed by atoms with Gasteiger partial charge in [0.25, 0.3) is 5.91 Å². The van der Waals surface area contributed by atoms with Crippen molar-refractivity contribution in [1.29, 1.82) is 5.41 Å². The fourth-order valence-electron chi connectivity index (χ4n) is 5.63. The zero-order valence-corrected chi connectivity index (χ0v) is 21.5. The van der Waals surface area contributed by atoms with Crippen molar-refractivity contribution in [3.05, 3.63) is 95.1 Å². The number of nitrogen functional groups attached to an aromatic ring is 1. The van der Waals surface area contributed by atoms with Gasteiger partial charge in [0.05, 0.1) is 5.71 Å². The summed E-state index contributed by atoms with van der Waals surface area (Å²) in [6.45, 7) is 0. The fourth-order valence-corrected chi connectivity index (χ4v) is 5.63. The second-order valence-corrected chi connectivity index (χ2v) is 10.3. The molecule has 0 aliphatic carbocycles. The molecule has 2 heterocycles. The van der Waals surface area contributed by atoms with Gasteiger partial charge in [0.2, 0.25) is 0 Å². The number of hydrogen-bond donors (Lipinski definition) is 3. The minimum atomic E-state index is -4.68. The molecule has 2 saturated heterocycles. The van der Waals surface area contributed by atoms with Crippen LogP contribution in [0.5, 0.6) is 5.75 Å². The Bertz CT molecular complexity index is 1330. The number of fused-ring (bicyclic) bond motifs is 2. The van der Waals surface area contributed by atoms with Crippen LogP contribution >= 0.6 is 0 Å². The summed E-state index contributed by atoms with van der Waals surface area (Å²) in [6.07, 6.45) is -0.120. The van der Waals surface area contributed by atoms with Crippen molar-refractivity contribution >= 4 is 17.3 Å². The summed E-state index contributed by atoms with van der Waals surface area (Å²) in [6, 6.07) is 17.4. The lowest BCUT2D eigenvalue weighted by molar-refractivity contribution is -0.155. The molecule has 204 valence electrons. The number of carbonyl (C=O) groups excluding carboxylic acids is 1. The van der Waals surface area contributed by atoms with Crippen LogP contribution in [0.4, 0.5) is 18.9 Å². The van der Waals surface area contributed by atoms with E-state index in [-0.39, 0.29) is 34.2 Å². The monoisotopic (exact) mass is 536 g/mol. The van der Waals surface area contributed by atoms with E-state index in [1.807, 2.05) is 12.1 Å². The summed E-state index contributed by atoms with van der Waals surface area (Å²) in [5.41, 5.74) is 7.12. The zero-order chi connectivity index (χ0) is 27.7. The summed E-state index contributed by atoms with van der Waals surface area (Å²) in [5, 5.41) is 10.8. The van der Waals surface area contributed by atoms with Gasteiger partial charge in [-0.15, -0.1) is 0 Å². The molecule has 3 aromatic carbocycles. The van der Waals surface area contributed by atoms with E-state index in [1.165, 1.54) is 55.3 Å². The Labute approximate surface area is 225 Å². The van der Waals surface area contributed by atoms with Gasteiger partial charge in [-0.1, -0.05) is 30.3 Å². The molecular formula is C30H31F3N4O2. The molecule has 0 radical (unpaired) electrons. The van der Waals surface area contributed by atoms with Gasteiger partial charge in [0.15, 0.2) is 6.04 Å². The van der Waals surface area contributed by atoms with Gasteiger partial charge in [-0.25, -0.2) is 0 Å². The highest BCUT2D eigenvalue weighted by atomic mass is 19.4. The smallest absolute Gasteiger partial charge is 0.412 e. The molecule has 4 N–H and O–H groups in total. The molecule has 6 nitrogen and oxygen atoms in total. The van der Waals surface area contributed by atoms with E-state index >= 15 is 0 Å². The molecule has 0 aromatic heterocycles. The number of carbonyl (C=O) groups is 1. The minimum Gasteiger partial charge on any atom is -0.490 e. The van der Waals surface area contributed by atoms with Crippen molar-refractivity contribution in [3.63, 3.8) is 0 Å². The standard InChI is InChI=1S/C30H31F3N4O2/c1-37-21-10-11-22(37)17-24(16-21)39-23-12-7-18(8-13-23)27(35)25-15-20(9-14-26(25)34)29(38)36-28(30(31,32)33)19-5-3-2-4-6-19/h2-9,12-15,21-22,24,28,35H,10-11,16-17,34H2,1H3,(H,36,38). The third kappa shape index (κ3) is 5.78. The topological polar surface area (TPSA) is 91.4 Å². The molecule has 39 heavy (non-hydrogen) atoms. The molecule has 9 heteroatoms. The normalized spacial score (nSPS) is 21.8. The third-order valence-corrected chi connectivity index (χ3v) is 7.82. The number of nitrogens with zero attached hydrogens (tertiary/aromatic N) is 1. The maximum atomic E-state index is 13.7. The van der Waals surface area contributed by atoms with Crippen LogP contribution in [0.25, 0.3) is 0 Å². The van der Waals surface area contributed by atoms with E-state index in [2.05, 4.69) is 17.3 Å². The van der Waals surface area contributed by atoms with E-state index in [1.54, 1.807) is 18.2 Å². The van der Waals surface area contributed by atoms with Crippen LogP contribution in [0.1, 0.15) is 58.8 Å². The maximum absolute atomic E-state index is 13.7. The first-order chi connectivity index (χ1) is 18.6. The second-order valence-electron chi connectivity index (χ2n) is 10.3. The van der Waals surface area contributed by atoms with E-state index in [0.717, 1.165) is 18.6 Å². The first kappa shape index (κ1) is 26.7. The van der Waals surface area contributed by atoms with Crippen LogP contribution in [0.2, 0.25) is 0 Å². The molecule has 3 aromatic rings. The number of hydrogen-bond acceptors (Lipinski definition) is 5. The Morgan fingerprint density at radius 3 is 2.23 bits per heavy atom. The third-order valence-electron chi connectivity index (χ3n) is 7.82.